The summed E-state index contributed by atoms with van der Waals surface area (Å²) in [5.41, 5.74) is 3.41. The molecule has 1 amide bonds. The number of aliphatic hydroxyl groups is 1. The minimum Gasteiger partial charge on any atom is -0.507 e. The maximum atomic E-state index is 13.3. The van der Waals surface area contributed by atoms with E-state index >= 15 is 0 Å². The maximum absolute atomic E-state index is 13.3. The molecular formula is C29H37NO5. The molecule has 6 heteroatoms. The van der Waals surface area contributed by atoms with E-state index in [0.29, 0.717) is 30.9 Å². The Labute approximate surface area is 208 Å². The monoisotopic (exact) mass is 479 g/mol. The predicted octanol–water partition coefficient (Wildman–Crippen LogP) is 5.57. The van der Waals surface area contributed by atoms with Crippen LogP contribution in [0.4, 0.5) is 0 Å². The van der Waals surface area contributed by atoms with Crippen LogP contribution < -0.4 is 4.74 Å². The third kappa shape index (κ3) is 5.43. The van der Waals surface area contributed by atoms with Crippen molar-refractivity contribution in [3.8, 4) is 5.75 Å². The quantitative estimate of drug-likeness (QED) is 0.232. The maximum Gasteiger partial charge on any atom is 0.295 e. The summed E-state index contributed by atoms with van der Waals surface area (Å²) < 4.78 is 10.6. The summed E-state index contributed by atoms with van der Waals surface area (Å²) in [6.07, 6.45) is 0.584. The summed E-state index contributed by atoms with van der Waals surface area (Å²) in [7, 11) is 3.21. The van der Waals surface area contributed by atoms with Crippen molar-refractivity contribution < 1.29 is 24.2 Å². The van der Waals surface area contributed by atoms with E-state index in [1.807, 2.05) is 44.2 Å². The fourth-order valence-corrected chi connectivity index (χ4v) is 4.49. The molecular weight excluding hydrogens is 442 g/mol. The van der Waals surface area contributed by atoms with Gasteiger partial charge in [-0.25, -0.2) is 0 Å². The van der Waals surface area contributed by atoms with Gasteiger partial charge in [0.15, 0.2) is 0 Å². The van der Waals surface area contributed by atoms with Crippen LogP contribution in [-0.4, -0.2) is 49.1 Å². The van der Waals surface area contributed by atoms with Crippen molar-refractivity contribution in [2.24, 2.45) is 0 Å². The average Bonchev–Trinajstić information content (AvgIpc) is 3.07. The Bertz CT molecular complexity index is 1110. The molecule has 0 bridgehead atoms. The zero-order valence-electron chi connectivity index (χ0n) is 21.8. The molecule has 0 aromatic heterocycles. The van der Waals surface area contributed by atoms with Crippen LogP contribution in [0, 0.1) is 0 Å². The molecule has 1 aliphatic heterocycles. The molecule has 0 radical (unpaired) electrons. The summed E-state index contributed by atoms with van der Waals surface area (Å²) >= 11 is 0. The third-order valence-electron chi connectivity index (χ3n) is 6.51. The molecule has 0 saturated carbocycles. The fraction of sp³-hybridized carbons (Fsp3) is 0.448. The lowest BCUT2D eigenvalue weighted by Gasteiger charge is -2.26. The van der Waals surface area contributed by atoms with Crippen molar-refractivity contribution in [3.63, 3.8) is 0 Å². The predicted molar refractivity (Wildman–Crippen MR) is 138 cm³/mol. The Balaban J connectivity index is 2.16. The van der Waals surface area contributed by atoms with Gasteiger partial charge in [0.05, 0.1) is 18.7 Å². The van der Waals surface area contributed by atoms with Crippen LogP contribution >= 0.6 is 0 Å². The normalized spacial score (nSPS) is 17.9. The number of carbonyl (C=O) groups excluding carboxylic acids is 2. The molecule has 1 aliphatic rings. The first-order valence-electron chi connectivity index (χ1n) is 12.1. The lowest BCUT2D eigenvalue weighted by atomic mass is 9.85. The van der Waals surface area contributed by atoms with Gasteiger partial charge in [-0.1, -0.05) is 58.9 Å². The van der Waals surface area contributed by atoms with E-state index in [-0.39, 0.29) is 22.7 Å². The first-order valence-corrected chi connectivity index (χ1v) is 12.1. The Morgan fingerprint density at radius 2 is 1.71 bits per heavy atom. The number of aliphatic hydroxyl groups excluding tert-OH is 1. The Morgan fingerprint density at radius 3 is 2.26 bits per heavy atom. The highest BCUT2D eigenvalue weighted by molar-refractivity contribution is 6.46. The Morgan fingerprint density at radius 1 is 1.06 bits per heavy atom. The minimum atomic E-state index is -0.675. The molecule has 1 saturated heterocycles. The molecule has 1 fully saturated rings. The van der Waals surface area contributed by atoms with E-state index in [9.17, 15) is 14.7 Å². The van der Waals surface area contributed by atoms with Crippen molar-refractivity contribution in [2.75, 3.05) is 27.4 Å². The van der Waals surface area contributed by atoms with Crippen molar-refractivity contribution in [2.45, 2.75) is 58.4 Å². The van der Waals surface area contributed by atoms with Gasteiger partial charge in [-0.15, -0.1) is 0 Å². The van der Waals surface area contributed by atoms with Crippen LogP contribution in [0.15, 0.2) is 48.0 Å². The Kier molecular flexibility index (Phi) is 8.06. The second-order valence-electron chi connectivity index (χ2n) is 10.3. The van der Waals surface area contributed by atoms with Crippen LogP contribution in [0.25, 0.3) is 5.76 Å². The number of amides is 1. The van der Waals surface area contributed by atoms with Crippen LogP contribution in [0.3, 0.4) is 0 Å². The van der Waals surface area contributed by atoms with E-state index in [2.05, 4.69) is 20.8 Å². The van der Waals surface area contributed by atoms with Crippen molar-refractivity contribution in [1.29, 1.82) is 0 Å². The standard InChI is InChI=1S/C29H37NO5/c1-18(2)22-17-20(11-14-23(22)35-7)26(31)24-25(19-9-12-21(13-10-19)29(3,4)5)30(15-8-16-34-6)28(33)27(24)32/h9-14,17-18,25,31H,8,15-16H2,1-7H3/b26-24-. The summed E-state index contributed by atoms with van der Waals surface area (Å²) in [6, 6.07) is 12.6. The van der Waals surface area contributed by atoms with E-state index in [1.165, 1.54) is 0 Å². The largest absolute Gasteiger partial charge is 0.507 e. The van der Waals surface area contributed by atoms with Gasteiger partial charge in [0, 0.05) is 25.8 Å². The molecule has 35 heavy (non-hydrogen) atoms. The SMILES string of the molecule is COCCCN1C(=O)C(=O)/C(=C(\O)c2ccc(OC)c(C(C)C)c2)C1c1ccc(C(C)(C)C)cc1. The zero-order valence-corrected chi connectivity index (χ0v) is 21.8. The number of ether oxygens (including phenoxy) is 2. The van der Waals surface area contributed by atoms with Gasteiger partial charge in [-0.2, -0.15) is 0 Å². The molecule has 0 spiro atoms. The number of ketones is 1. The Hall–Kier alpha value is -3.12. The van der Waals surface area contributed by atoms with Gasteiger partial charge in [0.25, 0.3) is 11.7 Å². The summed E-state index contributed by atoms with van der Waals surface area (Å²) in [5, 5.41) is 11.4. The number of Topliss-reactive ketones (excluding diaryl/α,β-unsaturated/α-hetero) is 1. The molecule has 2 aromatic carbocycles. The highest BCUT2D eigenvalue weighted by Gasteiger charge is 2.45. The summed E-state index contributed by atoms with van der Waals surface area (Å²) in [6.45, 7) is 11.3. The van der Waals surface area contributed by atoms with Crippen LogP contribution in [0.2, 0.25) is 0 Å². The second kappa shape index (κ2) is 10.6. The van der Waals surface area contributed by atoms with Gasteiger partial charge in [0.2, 0.25) is 0 Å². The minimum absolute atomic E-state index is 0.0326. The van der Waals surface area contributed by atoms with Crippen molar-refractivity contribution in [3.05, 3.63) is 70.3 Å². The number of hydrogen-bond donors (Lipinski definition) is 1. The molecule has 1 N–H and O–H groups in total. The first-order chi connectivity index (χ1) is 16.5. The number of nitrogens with zero attached hydrogens (tertiary/aromatic N) is 1. The number of benzene rings is 2. The lowest BCUT2D eigenvalue weighted by molar-refractivity contribution is -0.140. The zero-order chi connectivity index (χ0) is 25.9. The molecule has 3 rings (SSSR count). The molecule has 188 valence electrons. The smallest absolute Gasteiger partial charge is 0.295 e. The fourth-order valence-electron chi connectivity index (χ4n) is 4.49. The highest BCUT2D eigenvalue weighted by atomic mass is 16.5. The van der Waals surface area contributed by atoms with Crippen LogP contribution in [0.1, 0.15) is 75.3 Å². The van der Waals surface area contributed by atoms with Crippen LogP contribution in [0.5, 0.6) is 5.75 Å². The van der Waals surface area contributed by atoms with Gasteiger partial charge >= 0.3 is 0 Å². The van der Waals surface area contributed by atoms with Gasteiger partial charge in [-0.3, -0.25) is 9.59 Å². The van der Waals surface area contributed by atoms with Gasteiger partial charge in [-0.05, 0) is 52.6 Å². The number of methoxy groups -OCH3 is 2. The average molecular weight is 480 g/mol. The molecule has 0 aliphatic carbocycles. The number of hydrogen-bond acceptors (Lipinski definition) is 5. The summed E-state index contributed by atoms with van der Waals surface area (Å²) in [4.78, 5) is 27.9. The van der Waals surface area contributed by atoms with Gasteiger partial charge < -0.3 is 19.5 Å². The van der Waals surface area contributed by atoms with E-state index in [0.717, 1.165) is 16.7 Å². The number of likely N-dealkylation sites (tertiary alicyclic amines) is 1. The highest BCUT2D eigenvalue weighted by Crippen LogP contribution is 2.41. The first kappa shape index (κ1) is 26.5. The molecule has 1 atom stereocenters. The number of carbonyl (C=O) groups is 2. The topological polar surface area (TPSA) is 76.1 Å². The molecule has 1 unspecified atom stereocenters. The lowest BCUT2D eigenvalue weighted by Crippen LogP contribution is -2.31. The van der Waals surface area contributed by atoms with Gasteiger partial charge in [0.1, 0.15) is 11.5 Å². The van der Waals surface area contributed by atoms with Crippen LogP contribution in [-0.2, 0) is 19.7 Å². The third-order valence-corrected chi connectivity index (χ3v) is 6.51. The summed E-state index contributed by atoms with van der Waals surface area (Å²) in [5.74, 6) is -0.593. The van der Waals surface area contributed by atoms with E-state index < -0.39 is 17.7 Å². The molecule has 6 nitrogen and oxygen atoms in total. The molecule has 2 aromatic rings. The van der Waals surface area contributed by atoms with E-state index in [4.69, 9.17) is 9.47 Å². The van der Waals surface area contributed by atoms with Crippen molar-refractivity contribution in [1.82, 2.24) is 4.90 Å². The second-order valence-corrected chi connectivity index (χ2v) is 10.3. The number of rotatable bonds is 8. The molecule has 1 heterocycles. The van der Waals surface area contributed by atoms with E-state index in [1.54, 1.807) is 31.3 Å². The van der Waals surface area contributed by atoms with Crippen molar-refractivity contribution >= 4 is 17.4 Å².